The van der Waals surface area contributed by atoms with Crippen molar-refractivity contribution >= 4 is 28.5 Å². The van der Waals surface area contributed by atoms with Crippen LogP contribution in [0, 0.1) is 11.5 Å². The summed E-state index contributed by atoms with van der Waals surface area (Å²) in [6.07, 6.45) is -1.44. The van der Waals surface area contributed by atoms with Gasteiger partial charge in [-0.15, -0.1) is 13.2 Å². The number of aromatic nitrogens is 1. The third kappa shape index (κ3) is 5.94. The van der Waals surface area contributed by atoms with Crippen LogP contribution in [0.2, 0.25) is 0 Å². The van der Waals surface area contributed by atoms with E-state index in [2.05, 4.69) is 20.4 Å². The van der Waals surface area contributed by atoms with Crippen LogP contribution in [-0.4, -0.2) is 40.8 Å². The Bertz CT molecular complexity index is 1190. The maximum absolute atomic E-state index is 12.9. The molecule has 172 valence electrons. The van der Waals surface area contributed by atoms with E-state index in [1.165, 1.54) is 18.2 Å². The maximum atomic E-state index is 12.9. The zero-order chi connectivity index (χ0) is 24.0. The van der Waals surface area contributed by atoms with E-state index >= 15 is 0 Å². The van der Waals surface area contributed by atoms with Crippen LogP contribution >= 0.6 is 0 Å². The van der Waals surface area contributed by atoms with Crippen molar-refractivity contribution < 1.29 is 27.5 Å². The number of amides is 3. The Labute approximate surface area is 186 Å². The minimum absolute atomic E-state index is 0.0507. The number of alkyl halides is 3. The van der Waals surface area contributed by atoms with Crippen molar-refractivity contribution in [2.45, 2.75) is 25.7 Å². The number of H-pyrrole nitrogens is 1. The van der Waals surface area contributed by atoms with Gasteiger partial charge in [-0.1, -0.05) is 30.3 Å². The van der Waals surface area contributed by atoms with Gasteiger partial charge in [0.2, 0.25) is 0 Å². The van der Waals surface area contributed by atoms with E-state index in [-0.39, 0.29) is 18.7 Å². The normalized spacial score (nSPS) is 12.0. The second-order valence-electron chi connectivity index (χ2n) is 6.94. The number of urea groups is 1. The lowest BCUT2D eigenvalue weighted by Crippen LogP contribution is -2.49. The lowest BCUT2D eigenvalue weighted by molar-refractivity contribution is -0.274. The monoisotopic (exact) mass is 459 g/mol. The average molecular weight is 459 g/mol. The molecule has 0 bridgehead atoms. The third-order valence-electron chi connectivity index (χ3n) is 4.77. The van der Waals surface area contributed by atoms with Gasteiger partial charge >= 0.3 is 12.4 Å². The fraction of sp³-hybridized carbons (Fsp3) is 0.227. The van der Waals surface area contributed by atoms with Crippen LogP contribution in [0.1, 0.15) is 12.5 Å². The molecular weight excluding hydrogens is 439 g/mol. The van der Waals surface area contributed by atoms with Crippen molar-refractivity contribution in [2.24, 2.45) is 0 Å². The molecule has 33 heavy (non-hydrogen) atoms. The third-order valence-corrected chi connectivity index (χ3v) is 4.77. The van der Waals surface area contributed by atoms with Crippen molar-refractivity contribution in [3.05, 3.63) is 60.3 Å². The summed E-state index contributed by atoms with van der Waals surface area (Å²) in [4.78, 5) is 29.5. The lowest BCUT2D eigenvalue weighted by Gasteiger charge is -2.22. The molecule has 1 atom stereocenters. The molecule has 3 amide bonds. The van der Waals surface area contributed by atoms with E-state index in [0.717, 1.165) is 27.4 Å². The van der Waals surface area contributed by atoms with E-state index in [4.69, 9.17) is 0 Å². The summed E-state index contributed by atoms with van der Waals surface area (Å²) in [5.41, 5.74) is 1.31. The molecule has 0 aliphatic rings. The minimum atomic E-state index is -4.95. The van der Waals surface area contributed by atoms with Crippen molar-refractivity contribution in [3.8, 4) is 11.9 Å². The van der Waals surface area contributed by atoms with E-state index in [1.807, 2.05) is 24.3 Å². The number of hydrogen-bond acceptors (Lipinski definition) is 4. The Morgan fingerprint density at radius 1 is 1.18 bits per heavy atom. The zero-order valence-corrected chi connectivity index (χ0v) is 17.4. The smallest absolute Gasteiger partial charge is 0.404 e. The zero-order valence-electron chi connectivity index (χ0n) is 17.4. The van der Waals surface area contributed by atoms with E-state index in [1.54, 1.807) is 19.3 Å². The van der Waals surface area contributed by atoms with Crippen LogP contribution in [-0.2, 0) is 11.2 Å². The first-order chi connectivity index (χ1) is 15.7. The number of aromatic amines is 1. The first-order valence-corrected chi connectivity index (χ1v) is 9.90. The molecule has 1 unspecified atom stereocenters. The fourth-order valence-electron chi connectivity index (χ4n) is 3.28. The quantitative estimate of drug-likeness (QED) is 0.365. The Balaban J connectivity index is 1.82. The van der Waals surface area contributed by atoms with Crippen molar-refractivity contribution in [1.29, 1.82) is 5.26 Å². The number of rotatable bonds is 7. The highest BCUT2D eigenvalue weighted by molar-refractivity contribution is 5.95. The summed E-state index contributed by atoms with van der Waals surface area (Å²) < 4.78 is 41.9. The summed E-state index contributed by atoms with van der Waals surface area (Å²) in [6.45, 7) is 1.69. The van der Waals surface area contributed by atoms with Gasteiger partial charge in [-0.3, -0.25) is 4.79 Å². The molecule has 0 aliphatic carbocycles. The number of nitrogens with zero attached hydrogens (tertiary/aromatic N) is 2. The largest absolute Gasteiger partial charge is 0.573 e. The summed E-state index contributed by atoms with van der Waals surface area (Å²) in [6, 6.07) is 10.3. The van der Waals surface area contributed by atoms with Gasteiger partial charge < -0.3 is 20.4 Å². The molecular formula is C22H20F3N5O3. The van der Waals surface area contributed by atoms with Gasteiger partial charge in [0.1, 0.15) is 6.04 Å². The number of carbonyl (C=O) groups excluding carboxylic acids is 2. The van der Waals surface area contributed by atoms with Gasteiger partial charge in [-0.2, -0.15) is 5.26 Å². The average Bonchev–Trinajstić information content (AvgIpc) is 3.17. The van der Waals surface area contributed by atoms with Gasteiger partial charge in [0.05, 0.1) is 5.69 Å². The van der Waals surface area contributed by atoms with Gasteiger partial charge in [-0.25, -0.2) is 9.69 Å². The highest BCUT2D eigenvalue weighted by Crippen LogP contribution is 2.30. The summed E-state index contributed by atoms with van der Waals surface area (Å²) in [5, 5.41) is 14.8. The molecule has 0 fully saturated rings. The number of ether oxygens (including phenoxy) is 1. The highest BCUT2D eigenvalue weighted by Gasteiger charge is 2.32. The number of halogens is 3. The number of fused-ring (bicyclic) bond motifs is 1. The van der Waals surface area contributed by atoms with Gasteiger partial charge in [0, 0.05) is 30.1 Å². The molecule has 3 aromatic rings. The molecule has 0 aliphatic heterocycles. The van der Waals surface area contributed by atoms with E-state index in [9.17, 15) is 28.0 Å². The van der Waals surface area contributed by atoms with Crippen molar-refractivity contribution in [3.63, 3.8) is 0 Å². The van der Waals surface area contributed by atoms with Crippen molar-refractivity contribution in [2.75, 3.05) is 11.9 Å². The first-order valence-electron chi connectivity index (χ1n) is 9.90. The Morgan fingerprint density at radius 2 is 1.88 bits per heavy atom. The van der Waals surface area contributed by atoms with Crippen LogP contribution in [0.25, 0.3) is 10.9 Å². The van der Waals surface area contributed by atoms with Crippen LogP contribution in [0.5, 0.6) is 5.75 Å². The molecule has 0 spiro atoms. The second-order valence-corrected chi connectivity index (χ2v) is 6.94. The SMILES string of the molecule is CCN(C#N)C(=O)C(Cc1c[nH]c2ccccc12)NC(=O)Nc1ccccc1OC(F)(F)F. The standard InChI is InChI=1S/C22H20F3N5O3/c1-2-30(13-26)20(31)18(11-14-12-27-16-8-4-3-7-15(14)16)29-21(32)28-17-9-5-6-10-19(17)33-22(23,24)25/h3-10,12,18,27H,2,11H2,1H3,(H2,28,29,32). The van der Waals surface area contributed by atoms with Crippen LogP contribution in [0.3, 0.4) is 0 Å². The molecule has 11 heteroatoms. The molecule has 0 saturated heterocycles. The number of benzene rings is 2. The Kier molecular flexibility index (Phi) is 7.07. The fourth-order valence-corrected chi connectivity index (χ4v) is 3.28. The Morgan fingerprint density at radius 3 is 2.58 bits per heavy atom. The summed E-state index contributed by atoms with van der Waals surface area (Å²) in [7, 11) is 0. The van der Waals surface area contributed by atoms with Crippen molar-refractivity contribution in [1.82, 2.24) is 15.2 Å². The van der Waals surface area contributed by atoms with E-state index < -0.39 is 30.1 Å². The first kappa shape index (κ1) is 23.5. The number of nitriles is 1. The number of likely N-dealkylation sites (N-methyl/N-ethyl adjacent to an activating group) is 1. The maximum Gasteiger partial charge on any atom is 0.573 e. The number of anilines is 1. The molecule has 1 heterocycles. The van der Waals surface area contributed by atoms with Crippen LogP contribution in [0.15, 0.2) is 54.7 Å². The number of carbonyl (C=O) groups is 2. The molecule has 2 aromatic carbocycles. The second kappa shape index (κ2) is 9.95. The minimum Gasteiger partial charge on any atom is -0.404 e. The molecule has 3 N–H and O–H groups in total. The van der Waals surface area contributed by atoms with Crippen LogP contribution in [0.4, 0.5) is 23.7 Å². The van der Waals surface area contributed by atoms with Gasteiger partial charge in [-0.05, 0) is 30.7 Å². The molecule has 0 saturated carbocycles. The highest BCUT2D eigenvalue weighted by atomic mass is 19.4. The molecule has 3 rings (SSSR count). The van der Waals surface area contributed by atoms with Gasteiger partial charge in [0.15, 0.2) is 11.9 Å². The summed E-state index contributed by atoms with van der Waals surface area (Å²) in [5.74, 6) is -1.26. The number of nitrogens with one attached hydrogen (secondary N) is 3. The lowest BCUT2D eigenvalue weighted by atomic mass is 10.0. The molecule has 8 nitrogen and oxygen atoms in total. The number of hydrogen-bond donors (Lipinski definition) is 3. The Hall–Kier alpha value is -4.20. The van der Waals surface area contributed by atoms with Crippen LogP contribution < -0.4 is 15.4 Å². The molecule has 0 radical (unpaired) electrons. The molecule has 1 aromatic heterocycles. The topological polar surface area (TPSA) is 110 Å². The number of para-hydroxylation sites is 3. The predicted molar refractivity (Wildman–Crippen MR) is 114 cm³/mol. The summed E-state index contributed by atoms with van der Waals surface area (Å²) >= 11 is 0. The van der Waals surface area contributed by atoms with E-state index in [0.29, 0.717) is 0 Å². The van der Waals surface area contributed by atoms with Gasteiger partial charge in [0.25, 0.3) is 5.91 Å². The predicted octanol–water partition coefficient (Wildman–Crippen LogP) is 4.13.